The smallest absolute Gasteiger partial charge is 0.142 e. The Labute approximate surface area is 124 Å². The van der Waals surface area contributed by atoms with Crippen molar-refractivity contribution in [3.8, 4) is 5.75 Å². The molecule has 0 aliphatic rings. The van der Waals surface area contributed by atoms with Gasteiger partial charge in [-0.1, -0.05) is 35.9 Å². The Morgan fingerprint density at radius 2 is 1.70 bits per heavy atom. The molecule has 0 aromatic heterocycles. The highest BCUT2D eigenvalue weighted by molar-refractivity contribution is 6.30. The third-order valence-electron chi connectivity index (χ3n) is 2.98. The molecule has 0 aliphatic carbocycles. The van der Waals surface area contributed by atoms with Crippen molar-refractivity contribution in [3.63, 3.8) is 0 Å². The molecule has 0 bridgehead atoms. The van der Waals surface area contributed by atoms with E-state index in [2.05, 4.69) is 29.6 Å². The molecule has 0 atom stereocenters. The fourth-order valence-electron chi connectivity index (χ4n) is 1.94. The van der Waals surface area contributed by atoms with Crippen molar-refractivity contribution in [1.82, 2.24) is 0 Å². The molecular weight excluding hydrogens is 274 g/mol. The van der Waals surface area contributed by atoms with Gasteiger partial charge in [0.05, 0.1) is 19.4 Å². The molecule has 0 amide bonds. The molecule has 0 spiro atoms. The molecule has 2 aromatic carbocycles. The van der Waals surface area contributed by atoms with Crippen molar-refractivity contribution < 1.29 is 9.47 Å². The van der Waals surface area contributed by atoms with Crippen LogP contribution in [0.1, 0.15) is 11.1 Å². The number of benzene rings is 2. The van der Waals surface area contributed by atoms with E-state index in [1.165, 1.54) is 5.56 Å². The zero-order chi connectivity index (χ0) is 14.4. The molecule has 4 heteroatoms. The summed E-state index contributed by atoms with van der Waals surface area (Å²) in [6.45, 7) is 1.35. The third kappa shape index (κ3) is 3.89. The van der Waals surface area contributed by atoms with Crippen LogP contribution in [-0.2, 0) is 17.9 Å². The minimum absolute atomic E-state index is 0.635. The van der Waals surface area contributed by atoms with Gasteiger partial charge in [0.2, 0.25) is 0 Å². The lowest BCUT2D eigenvalue weighted by atomic mass is 10.1. The average molecular weight is 292 g/mol. The van der Waals surface area contributed by atoms with Crippen LogP contribution in [0.3, 0.4) is 0 Å². The van der Waals surface area contributed by atoms with Gasteiger partial charge in [-0.3, -0.25) is 0 Å². The summed E-state index contributed by atoms with van der Waals surface area (Å²) in [7, 11) is 3.34. The van der Waals surface area contributed by atoms with Crippen LogP contribution in [0.4, 0.5) is 5.69 Å². The van der Waals surface area contributed by atoms with E-state index in [9.17, 15) is 0 Å². The van der Waals surface area contributed by atoms with E-state index in [1.54, 1.807) is 14.2 Å². The maximum Gasteiger partial charge on any atom is 0.142 e. The van der Waals surface area contributed by atoms with Gasteiger partial charge in [0.15, 0.2) is 0 Å². The summed E-state index contributed by atoms with van der Waals surface area (Å²) in [5.74, 6) is 0.783. The highest BCUT2D eigenvalue weighted by atomic mass is 35.5. The monoisotopic (exact) mass is 291 g/mol. The Kier molecular flexibility index (Phi) is 5.27. The lowest BCUT2D eigenvalue weighted by molar-refractivity contribution is 0.185. The molecule has 0 saturated carbocycles. The van der Waals surface area contributed by atoms with Gasteiger partial charge < -0.3 is 14.8 Å². The van der Waals surface area contributed by atoms with Crippen LogP contribution in [0, 0.1) is 0 Å². The molecule has 20 heavy (non-hydrogen) atoms. The summed E-state index contributed by atoms with van der Waals surface area (Å²) in [4.78, 5) is 0. The van der Waals surface area contributed by atoms with Gasteiger partial charge in [0.1, 0.15) is 5.75 Å². The number of nitrogens with one attached hydrogen (secondary N) is 1. The summed E-state index contributed by atoms with van der Waals surface area (Å²) in [5, 5.41) is 4.02. The molecule has 2 aromatic rings. The zero-order valence-electron chi connectivity index (χ0n) is 11.7. The Morgan fingerprint density at radius 3 is 2.35 bits per heavy atom. The van der Waals surface area contributed by atoms with E-state index in [-0.39, 0.29) is 0 Å². The van der Waals surface area contributed by atoms with Crippen molar-refractivity contribution in [2.24, 2.45) is 0 Å². The van der Waals surface area contributed by atoms with Gasteiger partial charge in [-0.05, 0) is 29.3 Å². The summed E-state index contributed by atoms with van der Waals surface area (Å²) in [6, 6.07) is 13.8. The largest absolute Gasteiger partial charge is 0.495 e. The van der Waals surface area contributed by atoms with Crippen LogP contribution >= 0.6 is 11.6 Å². The van der Waals surface area contributed by atoms with E-state index in [0.717, 1.165) is 17.0 Å². The maximum absolute atomic E-state index is 6.00. The Balaban J connectivity index is 2.02. The number of methoxy groups -OCH3 is 2. The predicted molar refractivity (Wildman–Crippen MR) is 82.5 cm³/mol. The molecule has 2 rings (SSSR count). The van der Waals surface area contributed by atoms with Crippen LogP contribution < -0.4 is 10.1 Å². The highest BCUT2D eigenvalue weighted by Gasteiger charge is 2.03. The van der Waals surface area contributed by atoms with Crippen molar-refractivity contribution in [2.45, 2.75) is 13.2 Å². The zero-order valence-corrected chi connectivity index (χ0v) is 12.4. The molecule has 0 radical (unpaired) electrons. The van der Waals surface area contributed by atoms with E-state index in [0.29, 0.717) is 18.2 Å². The maximum atomic E-state index is 6.00. The van der Waals surface area contributed by atoms with Crippen LogP contribution in [0.2, 0.25) is 5.02 Å². The van der Waals surface area contributed by atoms with Crippen molar-refractivity contribution in [2.75, 3.05) is 19.5 Å². The fourth-order valence-corrected chi connectivity index (χ4v) is 2.11. The van der Waals surface area contributed by atoms with Crippen molar-refractivity contribution in [1.29, 1.82) is 0 Å². The van der Waals surface area contributed by atoms with Crippen molar-refractivity contribution >= 4 is 17.3 Å². The van der Waals surface area contributed by atoms with Crippen LogP contribution in [0.15, 0.2) is 42.5 Å². The standard InChI is InChI=1S/C16H18ClNO2/c1-19-11-13-5-3-12(4-6-13)10-18-15-9-14(17)7-8-16(15)20-2/h3-9,18H,10-11H2,1-2H3. The van der Waals surface area contributed by atoms with Gasteiger partial charge >= 0.3 is 0 Å². The third-order valence-corrected chi connectivity index (χ3v) is 3.21. The van der Waals surface area contributed by atoms with Gasteiger partial charge in [-0.25, -0.2) is 0 Å². The fraction of sp³-hybridized carbons (Fsp3) is 0.250. The quantitative estimate of drug-likeness (QED) is 0.869. The minimum Gasteiger partial charge on any atom is -0.495 e. The molecule has 106 valence electrons. The molecule has 0 saturated heterocycles. The normalized spacial score (nSPS) is 10.3. The van der Waals surface area contributed by atoms with Crippen molar-refractivity contribution in [3.05, 3.63) is 58.6 Å². The summed E-state index contributed by atoms with van der Waals surface area (Å²) < 4.78 is 10.4. The lowest BCUT2D eigenvalue weighted by Gasteiger charge is -2.12. The van der Waals surface area contributed by atoms with Crippen LogP contribution in [0.25, 0.3) is 0 Å². The van der Waals surface area contributed by atoms with Gasteiger partial charge in [-0.2, -0.15) is 0 Å². The van der Waals surface area contributed by atoms with Gasteiger partial charge in [0.25, 0.3) is 0 Å². The number of halogens is 1. The van der Waals surface area contributed by atoms with Crippen LogP contribution in [-0.4, -0.2) is 14.2 Å². The lowest BCUT2D eigenvalue weighted by Crippen LogP contribution is -2.01. The van der Waals surface area contributed by atoms with E-state index < -0.39 is 0 Å². The second-order valence-corrected chi connectivity index (χ2v) is 4.88. The number of ether oxygens (including phenoxy) is 2. The van der Waals surface area contributed by atoms with E-state index >= 15 is 0 Å². The first-order valence-corrected chi connectivity index (χ1v) is 6.75. The predicted octanol–water partition coefficient (Wildman–Crippen LogP) is 4.11. The molecule has 1 N–H and O–H groups in total. The highest BCUT2D eigenvalue weighted by Crippen LogP contribution is 2.28. The summed E-state index contributed by atoms with van der Waals surface area (Å²) in [5.41, 5.74) is 3.24. The Morgan fingerprint density at radius 1 is 1.00 bits per heavy atom. The molecular formula is C16H18ClNO2. The summed E-state index contributed by atoms with van der Waals surface area (Å²) in [6.07, 6.45) is 0. The summed E-state index contributed by atoms with van der Waals surface area (Å²) >= 11 is 6.00. The SMILES string of the molecule is COCc1ccc(CNc2cc(Cl)ccc2OC)cc1. The minimum atomic E-state index is 0.635. The second-order valence-electron chi connectivity index (χ2n) is 4.45. The Bertz CT molecular complexity index is 555. The first-order valence-electron chi connectivity index (χ1n) is 6.37. The second kappa shape index (κ2) is 7.17. The van der Waals surface area contributed by atoms with Gasteiger partial charge in [-0.15, -0.1) is 0 Å². The number of anilines is 1. The molecule has 0 heterocycles. The number of hydrogen-bond acceptors (Lipinski definition) is 3. The number of rotatable bonds is 6. The molecule has 0 aliphatic heterocycles. The molecule has 0 unspecified atom stereocenters. The van der Waals surface area contributed by atoms with E-state index in [4.69, 9.17) is 21.1 Å². The number of hydrogen-bond donors (Lipinski definition) is 1. The first-order chi connectivity index (χ1) is 9.72. The first kappa shape index (κ1) is 14.7. The topological polar surface area (TPSA) is 30.5 Å². The van der Waals surface area contributed by atoms with Gasteiger partial charge in [0, 0.05) is 18.7 Å². The van der Waals surface area contributed by atoms with E-state index in [1.807, 2.05) is 18.2 Å². The molecule has 3 nitrogen and oxygen atoms in total. The van der Waals surface area contributed by atoms with Crippen LogP contribution in [0.5, 0.6) is 5.75 Å². The Hall–Kier alpha value is -1.71. The molecule has 0 fully saturated rings. The average Bonchev–Trinajstić information content (AvgIpc) is 2.47.